The number of hydrogen-bond acceptors (Lipinski definition) is 4. The molecule has 0 aromatic heterocycles. The molecule has 0 amide bonds. The number of nitrogens with zero attached hydrogens (tertiary/aromatic N) is 1. The predicted octanol–water partition coefficient (Wildman–Crippen LogP) is 1.61. The lowest BCUT2D eigenvalue weighted by atomic mass is 10.1. The molecule has 2 aliphatic rings. The molecule has 3 rings (SSSR count). The maximum absolute atomic E-state index is 5.61. The van der Waals surface area contributed by atoms with Crippen molar-refractivity contribution in [2.24, 2.45) is 10.8 Å². The van der Waals surface area contributed by atoms with E-state index in [-0.39, 0.29) is 0 Å². The van der Waals surface area contributed by atoms with Crippen molar-refractivity contribution < 1.29 is 9.47 Å². The van der Waals surface area contributed by atoms with Crippen LogP contribution in [0.5, 0.6) is 11.5 Å². The van der Waals surface area contributed by atoms with Gasteiger partial charge in [0.1, 0.15) is 19.0 Å². The molecule has 0 bridgehead atoms. The number of ether oxygens (including phenoxy) is 2. The van der Waals surface area contributed by atoms with Gasteiger partial charge in [-0.25, -0.2) is 5.84 Å². The van der Waals surface area contributed by atoms with E-state index >= 15 is 0 Å². The molecule has 102 valence electrons. The van der Waals surface area contributed by atoms with Crippen LogP contribution in [-0.2, 0) is 0 Å². The number of fused-ring (bicyclic) bond motifs is 1. The van der Waals surface area contributed by atoms with E-state index in [2.05, 4.69) is 5.43 Å². The summed E-state index contributed by atoms with van der Waals surface area (Å²) >= 11 is 0. The minimum atomic E-state index is 0.388. The Hall–Kier alpha value is -1.75. The van der Waals surface area contributed by atoms with E-state index in [1.165, 1.54) is 12.8 Å². The van der Waals surface area contributed by atoms with Gasteiger partial charge in [0.15, 0.2) is 11.5 Å². The van der Waals surface area contributed by atoms with Crippen LogP contribution in [-0.4, -0.2) is 25.1 Å². The van der Waals surface area contributed by atoms with Crippen LogP contribution in [0.3, 0.4) is 0 Å². The Morgan fingerprint density at radius 1 is 1.16 bits per heavy atom. The molecule has 0 unspecified atom stereocenters. The number of aliphatic imine (C=N–C) groups is 1. The summed E-state index contributed by atoms with van der Waals surface area (Å²) in [5.74, 6) is 7.88. The Morgan fingerprint density at radius 2 is 1.89 bits per heavy atom. The maximum atomic E-state index is 5.61. The SMILES string of the molecule is NNC(=NC1CCCC1)c1ccc2c(c1)OCCO2. The first-order valence-electron chi connectivity index (χ1n) is 6.81. The van der Waals surface area contributed by atoms with Crippen molar-refractivity contribution in [3.8, 4) is 11.5 Å². The monoisotopic (exact) mass is 261 g/mol. The van der Waals surface area contributed by atoms with Crippen molar-refractivity contribution in [2.45, 2.75) is 31.7 Å². The van der Waals surface area contributed by atoms with E-state index < -0.39 is 0 Å². The first-order valence-corrected chi connectivity index (χ1v) is 6.81. The summed E-state index contributed by atoms with van der Waals surface area (Å²) in [4.78, 5) is 4.70. The molecule has 1 heterocycles. The van der Waals surface area contributed by atoms with E-state index in [4.69, 9.17) is 20.3 Å². The van der Waals surface area contributed by atoms with E-state index in [1.807, 2.05) is 18.2 Å². The third-order valence-corrected chi connectivity index (χ3v) is 3.59. The van der Waals surface area contributed by atoms with E-state index in [0.29, 0.717) is 19.3 Å². The quantitative estimate of drug-likeness (QED) is 0.367. The molecule has 1 fully saturated rings. The van der Waals surface area contributed by atoms with Gasteiger partial charge >= 0.3 is 0 Å². The zero-order valence-electron chi connectivity index (χ0n) is 10.9. The molecule has 1 aromatic rings. The van der Waals surface area contributed by atoms with Gasteiger partial charge in [0.05, 0.1) is 6.04 Å². The number of amidine groups is 1. The van der Waals surface area contributed by atoms with Crippen molar-refractivity contribution in [1.29, 1.82) is 0 Å². The number of nitrogens with two attached hydrogens (primary N) is 1. The molecule has 1 aliphatic carbocycles. The number of benzene rings is 1. The highest BCUT2D eigenvalue weighted by Crippen LogP contribution is 2.31. The number of rotatable bonds is 2. The Labute approximate surface area is 112 Å². The summed E-state index contributed by atoms with van der Waals surface area (Å²) in [6.45, 7) is 1.19. The molecule has 5 heteroatoms. The molecule has 0 spiro atoms. The average molecular weight is 261 g/mol. The lowest BCUT2D eigenvalue weighted by Crippen LogP contribution is -2.32. The fraction of sp³-hybridized carbons (Fsp3) is 0.500. The van der Waals surface area contributed by atoms with Gasteiger partial charge in [0.25, 0.3) is 0 Å². The van der Waals surface area contributed by atoms with Gasteiger partial charge in [-0.3, -0.25) is 4.99 Å². The first-order chi connectivity index (χ1) is 9.36. The van der Waals surface area contributed by atoms with Crippen LogP contribution in [0.4, 0.5) is 0 Å². The van der Waals surface area contributed by atoms with Crippen LogP contribution >= 0.6 is 0 Å². The van der Waals surface area contributed by atoms with Gasteiger partial charge in [-0.1, -0.05) is 12.8 Å². The fourth-order valence-corrected chi connectivity index (χ4v) is 2.60. The highest BCUT2D eigenvalue weighted by molar-refractivity contribution is 5.99. The number of hydrogen-bond donors (Lipinski definition) is 2. The first kappa shape index (κ1) is 12.3. The minimum Gasteiger partial charge on any atom is -0.486 e. The van der Waals surface area contributed by atoms with Gasteiger partial charge in [0.2, 0.25) is 0 Å². The van der Waals surface area contributed by atoms with E-state index in [9.17, 15) is 0 Å². The Balaban J connectivity index is 1.86. The van der Waals surface area contributed by atoms with E-state index in [0.717, 1.165) is 35.7 Å². The second kappa shape index (κ2) is 5.48. The van der Waals surface area contributed by atoms with Gasteiger partial charge in [-0.2, -0.15) is 0 Å². The Morgan fingerprint density at radius 3 is 2.63 bits per heavy atom. The van der Waals surface area contributed by atoms with E-state index in [1.54, 1.807) is 0 Å². The van der Waals surface area contributed by atoms with Crippen LogP contribution in [0.2, 0.25) is 0 Å². The van der Waals surface area contributed by atoms with Crippen LogP contribution in [0.1, 0.15) is 31.2 Å². The molecule has 1 aliphatic heterocycles. The van der Waals surface area contributed by atoms with Crippen molar-refractivity contribution in [1.82, 2.24) is 5.43 Å². The molecule has 0 atom stereocenters. The van der Waals surface area contributed by atoms with Crippen LogP contribution in [0.15, 0.2) is 23.2 Å². The van der Waals surface area contributed by atoms with Crippen molar-refractivity contribution in [3.05, 3.63) is 23.8 Å². The van der Waals surface area contributed by atoms with Crippen molar-refractivity contribution in [2.75, 3.05) is 13.2 Å². The fourth-order valence-electron chi connectivity index (χ4n) is 2.60. The number of nitrogens with one attached hydrogen (secondary N) is 1. The standard InChI is InChI=1S/C14H19N3O2/c15-17-14(16-11-3-1-2-4-11)10-5-6-12-13(9-10)19-8-7-18-12/h5-6,9,11H,1-4,7-8,15H2,(H,16,17). The molecular weight excluding hydrogens is 242 g/mol. The molecule has 0 saturated heterocycles. The number of hydrazine groups is 1. The third kappa shape index (κ3) is 2.66. The zero-order valence-corrected chi connectivity index (χ0v) is 10.9. The second-order valence-electron chi connectivity index (χ2n) is 4.92. The van der Waals surface area contributed by atoms with Gasteiger partial charge in [-0.05, 0) is 31.0 Å². The molecule has 19 heavy (non-hydrogen) atoms. The Bertz CT molecular complexity index is 482. The van der Waals surface area contributed by atoms with Crippen LogP contribution < -0.4 is 20.7 Å². The summed E-state index contributed by atoms with van der Waals surface area (Å²) in [7, 11) is 0. The van der Waals surface area contributed by atoms with Crippen molar-refractivity contribution >= 4 is 5.84 Å². The van der Waals surface area contributed by atoms with Crippen LogP contribution in [0.25, 0.3) is 0 Å². The van der Waals surface area contributed by atoms with Gasteiger partial charge in [0, 0.05) is 5.56 Å². The average Bonchev–Trinajstić information content (AvgIpc) is 2.97. The third-order valence-electron chi connectivity index (χ3n) is 3.59. The highest BCUT2D eigenvalue weighted by Gasteiger charge is 2.17. The largest absolute Gasteiger partial charge is 0.486 e. The molecular formula is C14H19N3O2. The normalized spacial score (nSPS) is 19.5. The summed E-state index contributed by atoms with van der Waals surface area (Å²) in [5, 5.41) is 0. The minimum absolute atomic E-state index is 0.388. The Kier molecular flexibility index (Phi) is 3.55. The summed E-state index contributed by atoms with van der Waals surface area (Å²) in [6.07, 6.45) is 4.81. The highest BCUT2D eigenvalue weighted by atomic mass is 16.6. The lowest BCUT2D eigenvalue weighted by Gasteiger charge is -2.19. The van der Waals surface area contributed by atoms with Gasteiger partial charge in [-0.15, -0.1) is 0 Å². The molecule has 1 saturated carbocycles. The predicted molar refractivity (Wildman–Crippen MR) is 73.5 cm³/mol. The van der Waals surface area contributed by atoms with Crippen molar-refractivity contribution in [3.63, 3.8) is 0 Å². The lowest BCUT2D eigenvalue weighted by molar-refractivity contribution is 0.171. The summed E-state index contributed by atoms with van der Waals surface area (Å²) in [5.41, 5.74) is 3.65. The van der Waals surface area contributed by atoms with Crippen LogP contribution in [0, 0.1) is 0 Å². The molecule has 1 aromatic carbocycles. The smallest absolute Gasteiger partial charge is 0.162 e. The summed E-state index contributed by atoms with van der Waals surface area (Å²) < 4.78 is 11.1. The molecule has 5 nitrogen and oxygen atoms in total. The summed E-state index contributed by atoms with van der Waals surface area (Å²) in [6, 6.07) is 6.19. The molecule has 0 radical (unpaired) electrons. The second-order valence-corrected chi connectivity index (χ2v) is 4.92. The maximum Gasteiger partial charge on any atom is 0.162 e. The topological polar surface area (TPSA) is 68.9 Å². The zero-order chi connectivity index (χ0) is 13.1. The van der Waals surface area contributed by atoms with Gasteiger partial charge < -0.3 is 14.9 Å². The molecule has 3 N–H and O–H groups in total.